The molecule has 2 amide bonds. The van der Waals surface area contributed by atoms with E-state index >= 15 is 0 Å². The second-order valence-electron chi connectivity index (χ2n) is 6.35. The minimum absolute atomic E-state index is 0.0432. The van der Waals surface area contributed by atoms with E-state index in [0.717, 1.165) is 0 Å². The number of nitrogens with zero attached hydrogens (tertiary/aromatic N) is 1. The van der Waals surface area contributed by atoms with Crippen molar-refractivity contribution in [2.24, 2.45) is 0 Å². The SMILES string of the molecule is COc1ccc(C(=O)Nc2ccc([N+](=O)[O-])c(NC(=O)c3ccc(OC)cc3)c2)cc1. The largest absolute Gasteiger partial charge is 0.497 e. The van der Waals surface area contributed by atoms with Gasteiger partial charge in [-0.15, -0.1) is 0 Å². The van der Waals surface area contributed by atoms with Gasteiger partial charge in [-0.25, -0.2) is 0 Å². The summed E-state index contributed by atoms with van der Waals surface area (Å²) in [7, 11) is 3.03. The van der Waals surface area contributed by atoms with Crippen molar-refractivity contribution in [2.45, 2.75) is 0 Å². The summed E-state index contributed by atoms with van der Waals surface area (Å²) >= 11 is 0. The predicted octanol–water partition coefficient (Wildman–Crippen LogP) is 4.12. The van der Waals surface area contributed by atoms with E-state index in [1.165, 1.54) is 44.6 Å². The number of nitrogens with one attached hydrogen (secondary N) is 2. The lowest BCUT2D eigenvalue weighted by molar-refractivity contribution is -0.383. The Hall–Kier alpha value is -4.40. The lowest BCUT2D eigenvalue weighted by atomic mass is 10.1. The van der Waals surface area contributed by atoms with Gasteiger partial charge in [0.25, 0.3) is 17.5 Å². The van der Waals surface area contributed by atoms with Crippen molar-refractivity contribution in [3.05, 3.63) is 88.0 Å². The zero-order chi connectivity index (χ0) is 22.4. The second-order valence-corrected chi connectivity index (χ2v) is 6.35. The molecule has 0 unspecified atom stereocenters. The monoisotopic (exact) mass is 421 g/mol. The van der Waals surface area contributed by atoms with E-state index in [2.05, 4.69) is 10.6 Å². The van der Waals surface area contributed by atoms with Crippen molar-refractivity contribution in [3.8, 4) is 11.5 Å². The van der Waals surface area contributed by atoms with E-state index in [0.29, 0.717) is 22.6 Å². The first-order valence-electron chi connectivity index (χ1n) is 9.10. The molecule has 0 atom stereocenters. The fourth-order valence-electron chi connectivity index (χ4n) is 2.76. The van der Waals surface area contributed by atoms with Gasteiger partial charge in [0.05, 0.1) is 19.1 Å². The third kappa shape index (κ3) is 5.15. The van der Waals surface area contributed by atoms with Crippen molar-refractivity contribution in [2.75, 3.05) is 24.9 Å². The summed E-state index contributed by atoms with van der Waals surface area (Å²) in [6.07, 6.45) is 0. The van der Waals surface area contributed by atoms with Crippen LogP contribution in [0.1, 0.15) is 20.7 Å². The summed E-state index contributed by atoms with van der Waals surface area (Å²) in [5.74, 6) is 0.231. The molecule has 3 aromatic rings. The van der Waals surface area contributed by atoms with Crippen LogP contribution >= 0.6 is 0 Å². The van der Waals surface area contributed by atoms with Crippen LogP contribution in [-0.2, 0) is 0 Å². The van der Waals surface area contributed by atoms with Crippen molar-refractivity contribution >= 4 is 28.9 Å². The quantitative estimate of drug-likeness (QED) is 0.437. The molecule has 0 bridgehead atoms. The van der Waals surface area contributed by atoms with E-state index in [-0.39, 0.29) is 17.1 Å². The van der Waals surface area contributed by atoms with Gasteiger partial charge in [0.1, 0.15) is 17.2 Å². The molecule has 9 heteroatoms. The van der Waals surface area contributed by atoms with Crippen LogP contribution in [-0.4, -0.2) is 31.0 Å². The maximum atomic E-state index is 12.5. The van der Waals surface area contributed by atoms with E-state index in [1.54, 1.807) is 36.4 Å². The molecule has 0 aliphatic carbocycles. The molecule has 2 N–H and O–H groups in total. The van der Waals surface area contributed by atoms with Crippen LogP contribution in [0.5, 0.6) is 11.5 Å². The second kappa shape index (κ2) is 9.40. The van der Waals surface area contributed by atoms with Crippen LogP contribution in [0.15, 0.2) is 66.7 Å². The number of carbonyl (C=O) groups is 2. The average Bonchev–Trinajstić information content (AvgIpc) is 2.79. The number of rotatable bonds is 7. The van der Waals surface area contributed by atoms with Gasteiger partial charge >= 0.3 is 0 Å². The van der Waals surface area contributed by atoms with Gasteiger partial charge in [-0.3, -0.25) is 19.7 Å². The highest BCUT2D eigenvalue weighted by Crippen LogP contribution is 2.29. The third-order valence-corrected chi connectivity index (χ3v) is 4.40. The van der Waals surface area contributed by atoms with Crippen molar-refractivity contribution in [1.82, 2.24) is 0 Å². The van der Waals surface area contributed by atoms with Crippen LogP contribution in [0, 0.1) is 10.1 Å². The summed E-state index contributed by atoms with van der Waals surface area (Å²) in [4.78, 5) is 35.8. The third-order valence-electron chi connectivity index (χ3n) is 4.40. The van der Waals surface area contributed by atoms with Gasteiger partial charge in [-0.2, -0.15) is 0 Å². The standard InChI is InChI=1S/C22H19N3O6/c1-30-17-8-3-14(4-9-17)21(26)23-16-7-12-20(25(28)29)19(13-16)24-22(27)15-5-10-18(31-2)11-6-15/h3-13H,1-2H3,(H,23,26)(H,24,27). The molecule has 0 fully saturated rings. The molecular formula is C22H19N3O6. The van der Waals surface area contributed by atoms with Gasteiger partial charge in [0.15, 0.2) is 0 Å². The summed E-state index contributed by atoms with van der Waals surface area (Å²) in [5, 5.41) is 16.6. The van der Waals surface area contributed by atoms with E-state index in [4.69, 9.17) is 9.47 Å². The normalized spacial score (nSPS) is 10.1. The Bertz CT molecular complexity index is 1110. The van der Waals surface area contributed by atoms with E-state index in [9.17, 15) is 19.7 Å². The lowest BCUT2D eigenvalue weighted by Crippen LogP contribution is -2.15. The molecule has 0 aromatic heterocycles. The lowest BCUT2D eigenvalue weighted by Gasteiger charge is -2.10. The molecule has 0 radical (unpaired) electrons. The minimum atomic E-state index is -0.612. The van der Waals surface area contributed by atoms with Gasteiger partial charge in [0, 0.05) is 22.9 Å². The molecule has 31 heavy (non-hydrogen) atoms. The fraction of sp³-hybridized carbons (Fsp3) is 0.0909. The van der Waals surface area contributed by atoms with Gasteiger partial charge in [0.2, 0.25) is 0 Å². The zero-order valence-electron chi connectivity index (χ0n) is 16.7. The van der Waals surface area contributed by atoms with E-state index in [1.807, 2.05) is 0 Å². The highest BCUT2D eigenvalue weighted by Gasteiger charge is 2.18. The summed E-state index contributed by atoms with van der Waals surface area (Å²) in [6.45, 7) is 0. The molecule has 0 aliphatic rings. The minimum Gasteiger partial charge on any atom is -0.497 e. The summed E-state index contributed by atoms with van der Waals surface area (Å²) in [5.41, 5.74) is 0.616. The molecule has 0 heterocycles. The number of anilines is 2. The maximum Gasteiger partial charge on any atom is 0.292 e. The predicted molar refractivity (Wildman–Crippen MR) is 115 cm³/mol. The number of ether oxygens (including phenoxy) is 2. The first-order valence-corrected chi connectivity index (χ1v) is 9.10. The first-order chi connectivity index (χ1) is 14.9. The number of nitro benzene ring substituents is 1. The number of methoxy groups -OCH3 is 2. The molecule has 0 saturated heterocycles. The molecule has 0 aliphatic heterocycles. The number of carbonyl (C=O) groups excluding carboxylic acids is 2. The van der Waals surface area contributed by atoms with Crippen LogP contribution < -0.4 is 20.1 Å². The topological polar surface area (TPSA) is 120 Å². The first kappa shape index (κ1) is 21.3. The Morgan fingerprint density at radius 1 is 0.774 bits per heavy atom. The maximum absolute atomic E-state index is 12.5. The molecule has 0 saturated carbocycles. The Labute approximate surface area is 177 Å². The number of benzene rings is 3. The number of hydrogen-bond donors (Lipinski definition) is 2. The number of hydrogen-bond acceptors (Lipinski definition) is 6. The molecule has 158 valence electrons. The van der Waals surface area contributed by atoms with Crippen molar-refractivity contribution in [3.63, 3.8) is 0 Å². The highest BCUT2D eigenvalue weighted by atomic mass is 16.6. The zero-order valence-corrected chi connectivity index (χ0v) is 16.7. The van der Waals surface area contributed by atoms with Gasteiger partial charge in [-0.1, -0.05) is 0 Å². The Balaban J connectivity index is 1.81. The average molecular weight is 421 g/mol. The molecule has 3 aromatic carbocycles. The Kier molecular flexibility index (Phi) is 6.46. The van der Waals surface area contributed by atoms with Crippen LogP contribution in [0.4, 0.5) is 17.1 Å². The summed E-state index contributed by atoms with van der Waals surface area (Å²) < 4.78 is 10.1. The number of nitro groups is 1. The van der Waals surface area contributed by atoms with Crippen molar-refractivity contribution in [1.29, 1.82) is 0 Å². The van der Waals surface area contributed by atoms with Crippen LogP contribution in [0.2, 0.25) is 0 Å². The molecule has 0 spiro atoms. The molecule has 3 rings (SSSR count). The number of amides is 2. The fourth-order valence-corrected chi connectivity index (χ4v) is 2.76. The van der Waals surface area contributed by atoms with E-state index < -0.39 is 16.7 Å². The Morgan fingerprint density at radius 2 is 1.26 bits per heavy atom. The Morgan fingerprint density at radius 3 is 1.71 bits per heavy atom. The summed E-state index contributed by atoms with van der Waals surface area (Å²) in [6, 6.07) is 16.7. The van der Waals surface area contributed by atoms with Crippen LogP contribution in [0.25, 0.3) is 0 Å². The van der Waals surface area contributed by atoms with Crippen molar-refractivity contribution < 1.29 is 24.0 Å². The molecular weight excluding hydrogens is 402 g/mol. The highest BCUT2D eigenvalue weighted by molar-refractivity contribution is 6.07. The molecule has 9 nitrogen and oxygen atoms in total. The smallest absolute Gasteiger partial charge is 0.292 e. The van der Waals surface area contributed by atoms with Gasteiger partial charge < -0.3 is 20.1 Å². The van der Waals surface area contributed by atoms with Gasteiger partial charge in [-0.05, 0) is 60.7 Å². The van der Waals surface area contributed by atoms with Crippen LogP contribution in [0.3, 0.4) is 0 Å².